The van der Waals surface area contributed by atoms with E-state index < -0.39 is 0 Å². The van der Waals surface area contributed by atoms with Gasteiger partial charge in [-0.05, 0) is 0 Å². The third-order valence-corrected chi connectivity index (χ3v) is 0.707. The van der Waals surface area contributed by atoms with Crippen LogP contribution in [0.5, 0.6) is 0 Å². The van der Waals surface area contributed by atoms with E-state index in [4.69, 9.17) is 0 Å². The zero-order valence-electron chi connectivity index (χ0n) is 5.70. The van der Waals surface area contributed by atoms with E-state index in [-0.39, 0.29) is 84.1 Å². The standard InChI is InChI=1S/C5H12.K.Y/c1-3-5-4-2;;/h3-5H2,1-2H3;;. The average molecular weight is 200 g/mol. The molecule has 2 radical (unpaired) electrons. The summed E-state index contributed by atoms with van der Waals surface area (Å²) in [5.41, 5.74) is 0. The molecule has 0 saturated heterocycles. The zero-order chi connectivity index (χ0) is 4.12. The monoisotopic (exact) mass is 200 g/mol. The molecule has 0 unspecified atom stereocenters. The van der Waals surface area contributed by atoms with E-state index in [1.807, 2.05) is 0 Å². The Balaban J connectivity index is -0.0000000800. The fourth-order valence-electron chi connectivity index (χ4n) is 0.354. The topological polar surface area (TPSA) is 0 Å². The van der Waals surface area contributed by atoms with Gasteiger partial charge in [-0.1, -0.05) is 33.1 Å². The largest absolute Gasteiger partial charge is 0.0654 e. The van der Waals surface area contributed by atoms with Crippen LogP contribution in [0.25, 0.3) is 0 Å². The Bertz CT molecular complexity index is 15.6. The van der Waals surface area contributed by atoms with Gasteiger partial charge in [-0.15, -0.1) is 0 Å². The van der Waals surface area contributed by atoms with Gasteiger partial charge in [0.05, 0.1) is 0 Å². The van der Waals surface area contributed by atoms with E-state index in [0.717, 1.165) is 0 Å². The first-order chi connectivity index (χ1) is 2.41. The van der Waals surface area contributed by atoms with Crippen LogP contribution in [-0.4, -0.2) is 51.4 Å². The maximum absolute atomic E-state index is 2.21. The molecular weight excluding hydrogens is 188 g/mol. The van der Waals surface area contributed by atoms with Crippen LogP contribution in [0, 0.1) is 0 Å². The predicted molar refractivity (Wildman–Crippen MR) is 31.0 cm³/mol. The molecule has 0 atom stereocenters. The first kappa shape index (κ1) is 16.4. The molecule has 2 heteroatoms. The maximum Gasteiger partial charge on any atom is 0 e. The minimum Gasteiger partial charge on any atom is -0.0654 e. The van der Waals surface area contributed by atoms with Crippen molar-refractivity contribution in [3.8, 4) is 0 Å². The Morgan fingerprint density at radius 2 is 1.29 bits per heavy atom. The van der Waals surface area contributed by atoms with Gasteiger partial charge in [-0.3, -0.25) is 0 Å². The van der Waals surface area contributed by atoms with Crippen LogP contribution in [0.2, 0.25) is 0 Å². The molecule has 0 amide bonds. The Morgan fingerprint density at radius 3 is 1.29 bits per heavy atom. The van der Waals surface area contributed by atoms with Crippen LogP contribution in [0.1, 0.15) is 33.1 Å². The number of unbranched alkanes of at least 4 members (excludes halogenated alkanes) is 2. The number of hydrogen-bond acceptors (Lipinski definition) is 0. The number of hydrogen-bond donors (Lipinski definition) is 0. The van der Waals surface area contributed by atoms with Crippen molar-refractivity contribution in [2.45, 2.75) is 33.1 Å². The van der Waals surface area contributed by atoms with E-state index >= 15 is 0 Å². The first-order valence-corrected chi connectivity index (χ1v) is 2.41. The van der Waals surface area contributed by atoms with Crippen molar-refractivity contribution in [1.82, 2.24) is 0 Å². The second-order valence-electron chi connectivity index (χ2n) is 1.35. The van der Waals surface area contributed by atoms with Crippen LogP contribution < -0.4 is 0 Å². The molecule has 7 heavy (non-hydrogen) atoms. The molecule has 0 aliphatic carbocycles. The summed E-state index contributed by atoms with van der Waals surface area (Å²) in [6, 6.07) is 0. The van der Waals surface area contributed by atoms with Crippen molar-refractivity contribution in [3.63, 3.8) is 0 Å². The summed E-state index contributed by atoms with van der Waals surface area (Å²) < 4.78 is 0. The van der Waals surface area contributed by atoms with E-state index in [1.54, 1.807) is 0 Å². The molecule has 0 spiro atoms. The summed E-state index contributed by atoms with van der Waals surface area (Å²) in [6.07, 6.45) is 4.08. The predicted octanol–water partition coefficient (Wildman–Crippen LogP) is 1.81. The Labute approximate surface area is 115 Å². The van der Waals surface area contributed by atoms with Gasteiger partial charge in [-0.2, -0.15) is 0 Å². The van der Waals surface area contributed by atoms with E-state index in [1.165, 1.54) is 19.3 Å². The molecule has 0 aliphatic heterocycles. The maximum atomic E-state index is 2.21. The van der Waals surface area contributed by atoms with Crippen molar-refractivity contribution in [3.05, 3.63) is 0 Å². The van der Waals surface area contributed by atoms with Crippen LogP contribution in [0.4, 0.5) is 0 Å². The molecule has 0 nitrogen and oxygen atoms in total. The molecular formula is C5H12KY. The zero-order valence-corrected chi connectivity index (χ0v) is 11.7. The molecule has 0 aromatic carbocycles. The van der Waals surface area contributed by atoms with Gasteiger partial charge in [0.1, 0.15) is 0 Å². The summed E-state index contributed by atoms with van der Waals surface area (Å²) in [5, 5.41) is 0. The number of rotatable bonds is 2. The minimum absolute atomic E-state index is 0. The molecule has 0 saturated carbocycles. The summed E-state index contributed by atoms with van der Waals surface area (Å²) in [5.74, 6) is 0. The van der Waals surface area contributed by atoms with Crippen LogP contribution in [0.15, 0.2) is 0 Å². The second kappa shape index (κ2) is 15.9. The fourth-order valence-corrected chi connectivity index (χ4v) is 0.354. The smallest absolute Gasteiger partial charge is 0 e. The third-order valence-electron chi connectivity index (χ3n) is 0.707. The Hall–Kier alpha value is 2.74. The second-order valence-corrected chi connectivity index (χ2v) is 1.35. The molecule has 0 aromatic heterocycles. The van der Waals surface area contributed by atoms with Gasteiger partial charge >= 0.3 is 0 Å². The molecule has 36 valence electrons. The molecule has 0 bridgehead atoms. The van der Waals surface area contributed by atoms with Gasteiger partial charge < -0.3 is 0 Å². The Kier molecular flexibility index (Phi) is 37.2. The fraction of sp³-hybridized carbons (Fsp3) is 1.00. The molecule has 0 fully saturated rings. The Morgan fingerprint density at radius 1 is 1.00 bits per heavy atom. The third kappa shape index (κ3) is 17.7. The molecule has 0 N–H and O–H groups in total. The van der Waals surface area contributed by atoms with Crippen molar-refractivity contribution in [2.24, 2.45) is 0 Å². The van der Waals surface area contributed by atoms with Crippen molar-refractivity contribution in [2.75, 3.05) is 0 Å². The normalized spacial score (nSPS) is 6.00. The van der Waals surface area contributed by atoms with E-state index in [2.05, 4.69) is 13.8 Å². The summed E-state index contributed by atoms with van der Waals surface area (Å²) in [7, 11) is 0. The molecule has 0 heterocycles. The first-order valence-electron chi connectivity index (χ1n) is 2.41. The van der Waals surface area contributed by atoms with Gasteiger partial charge in [0.25, 0.3) is 0 Å². The van der Waals surface area contributed by atoms with Crippen molar-refractivity contribution < 1.29 is 32.7 Å². The van der Waals surface area contributed by atoms with Crippen LogP contribution in [-0.2, 0) is 32.7 Å². The molecule has 0 rings (SSSR count). The van der Waals surface area contributed by atoms with Crippen molar-refractivity contribution >= 4 is 51.4 Å². The minimum atomic E-state index is 0. The van der Waals surface area contributed by atoms with Gasteiger partial charge in [0, 0.05) is 84.1 Å². The summed E-state index contributed by atoms with van der Waals surface area (Å²) in [4.78, 5) is 0. The quantitative estimate of drug-likeness (QED) is 0.596. The SMILES string of the molecule is CCCCC.[K].[Y]. The van der Waals surface area contributed by atoms with Crippen LogP contribution >= 0.6 is 0 Å². The van der Waals surface area contributed by atoms with Crippen LogP contribution in [0.3, 0.4) is 0 Å². The summed E-state index contributed by atoms with van der Waals surface area (Å²) in [6.45, 7) is 4.42. The summed E-state index contributed by atoms with van der Waals surface area (Å²) >= 11 is 0. The van der Waals surface area contributed by atoms with E-state index in [0.29, 0.717) is 0 Å². The van der Waals surface area contributed by atoms with Gasteiger partial charge in [-0.25, -0.2) is 0 Å². The van der Waals surface area contributed by atoms with E-state index in [9.17, 15) is 0 Å². The van der Waals surface area contributed by atoms with Gasteiger partial charge in [0.15, 0.2) is 0 Å². The average Bonchev–Trinajstić information content (AvgIpc) is 1.41. The molecule has 0 aliphatic rings. The van der Waals surface area contributed by atoms with Crippen molar-refractivity contribution in [1.29, 1.82) is 0 Å². The van der Waals surface area contributed by atoms with Gasteiger partial charge in [0.2, 0.25) is 0 Å². The molecule has 0 aromatic rings.